The maximum atomic E-state index is 5.57. The Bertz CT molecular complexity index is 884. The lowest BCUT2D eigenvalue weighted by Gasteiger charge is -2.26. The molecule has 0 aliphatic carbocycles. The Labute approximate surface area is 168 Å². The third-order valence-electron chi connectivity index (χ3n) is 4.46. The van der Waals surface area contributed by atoms with E-state index in [0.717, 1.165) is 52.7 Å². The molecular weight excluding hydrogens is 382 g/mol. The molecule has 27 heavy (non-hydrogen) atoms. The molecule has 0 amide bonds. The second-order valence-electron chi connectivity index (χ2n) is 6.43. The second kappa shape index (κ2) is 8.75. The molecule has 0 spiro atoms. The predicted molar refractivity (Wildman–Crippen MR) is 112 cm³/mol. The van der Waals surface area contributed by atoms with Crippen molar-refractivity contribution in [2.75, 3.05) is 29.9 Å². The van der Waals surface area contributed by atoms with Gasteiger partial charge in [-0.2, -0.15) is 15.0 Å². The number of thiazole rings is 1. The van der Waals surface area contributed by atoms with Crippen molar-refractivity contribution < 1.29 is 4.84 Å². The van der Waals surface area contributed by atoms with Crippen LogP contribution in [0.5, 0.6) is 6.01 Å². The van der Waals surface area contributed by atoms with Crippen molar-refractivity contribution in [1.29, 1.82) is 0 Å². The molecule has 2 aromatic heterocycles. The number of hydrogen-bond acceptors (Lipinski definition) is 9. The highest BCUT2D eigenvalue weighted by molar-refractivity contribution is 7.73. The van der Waals surface area contributed by atoms with Gasteiger partial charge in [0, 0.05) is 32.4 Å². The number of rotatable bonds is 6. The largest absolute Gasteiger partial charge is 0.354 e. The van der Waals surface area contributed by atoms with E-state index in [-0.39, 0.29) is 6.01 Å². The van der Waals surface area contributed by atoms with Crippen molar-refractivity contribution in [3.63, 3.8) is 0 Å². The molecule has 0 atom stereocenters. The maximum absolute atomic E-state index is 5.57. The zero-order chi connectivity index (χ0) is 19.4. The normalized spacial score (nSPS) is 15.1. The predicted octanol–water partition coefficient (Wildman–Crippen LogP) is 3.53. The number of piperidine rings is 1. The molecule has 0 unspecified atom stereocenters. The number of aromatic nitrogens is 4. The second-order valence-corrected chi connectivity index (χ2v) is 8.07. The van der Waals surface area contributed by atoms with Gasteiger partial charge < -0.3 is 19.6 Å². The first-order valence-electron chi connectivity index (χ1n) is 9.13. The molecule has 1 saturated heterocycles. The van der Waals surface area contributed by atoms with Crippen LogP contribution in [0, 0.1) is 10.9 Å². The Morgan fingerprint density at radius 3 is 2.63 bits per heavy atom. The van der Waals surface area contributed by atoms with Gasteiger partial charge in [0.05, 0.1) is 10.6 Å². The monoisotopic (exact) mass is 407 g/mol. The highest BCUT2D eigenvalue weighted by Gasteiger charge is 2.17. The van der Waals surface area contributed by atoms with Crippen LogP contribution < -0.4 is 15.1 Å². The molecule has 0 aromatic carbocycles. The van der Waals surface area contributed by atoms with Gasteiger partial charge in [-0.25, -0.2) is 0 Å². The van der Waals surface area contributed by atoms with Crippen molar-refractivity contribution >= 4 is 41.2 Å². The molecule has 1 aliphatic rings. The summed E-state index contributed by atoms with van der Waals surface area (Å²) in [6.07, 6.45) is 3.54. The molecule has 1 N–H and O–H groups in total. The quantitative estimate of drug-likeness (QED) is 0.446. The fourth-order valence-electron chi connectivity index (χ4n) is 2.86. The fraction of sp³-hybridized carbons (Fsp3) is 0.588. The maximum Gasteiger partial charge on any atom is 0.352 e. The minimum atomic E-state index is 0.193. The molecule has 1 aliphatic heterocycles. The van der Waals surface area contributed by atoms with Crippen LogP contribution in [0.25, 0.3) is 0 Å². The lowest BCUT2D eigenvalue weighted by Crippen LogP contribution is -2.31. The Morgan fingerprint density at radius 2 is 2.00 bits per heavy atom. The standard InChI is InChI=1S/C17H25N7OS2/c1-5-18-14-19-15(24-9-7-6-8-10-24)21-16(20-14)25-22-11(2)13-12(3)23(4)17(26)27-13/h5-10H2,1-4H3,(H,18,19,20,21)/b22-11+. The third kappa shape index (κ3) is 4.62. The SMILES string of the molecule is CCNc1nc(O/N=C(\C)c2sc(=S)n(C)c2C)nc(N2CCCCC2)n1. The van der Waals surface area contributed by atoms with Crippen LogP contribution >= 0.6 is 23.6 Å². The number of anilines is 2. The summed E-state index contributed by atoms with van der Waals surface area (Å²) in [6.45, 7) is 8.53. The third-order valence-corrected chi connectivity index (χ3v) is 6.23. The van der Waals surface area contributed by atoms with E-state index in [1.54, 1.807) is 0 Å². The molecule has 0 saturated carbocycles. The van der Waals surface area contributed by atoms with Gasteiger partial charge in [-0.3, -0.25) is 0 Å². The van der Waals surface area contributed by atoms with E-state index in [1.807, 2.05) is 32.4 Å². The van der Waals surface area contributed by atoms with E-state index in [0.29, 0.717) is 11.9 Å². The summed E-state index contributed by atoms with van der Waals surface area (Å²) >= 11 is 6.85. The number of hydrogen-bond donors (Lipinski definition) is 1. The first kappa shape index (κ1) is 19.7. The van der Waals surface area contributed by atoms with Crippen molar-refractivity contribution in [3.8, 4) is 6.01 Å². The molecule has 0 bridgehead atoms. The Balaban J connectivity index is 1.85. The highest BCUT2D eigenvalue weighted by Crippen LogP contribution is 2.21. The van der Waals surface area contributed by atoms with Crippen LogP contribution in [0.15, 0.2) is 5.16 Å². The minimum Gasteiger partial charge on any atom is -0.354 e. The summed E-state index contributed by atoms with van der Waals surface area (Å²) in [5.41, 5.74) is 1.81. The van der Waals surface area contributed by atoms with Gasteiger partial charge >= 0.3 is 6.01 Å². The van der Waals surface area contributed by atoms with E-state index >= 15 is 0 Å². The lowest BCUT2D eigenvalue weighted by atomic mass is 10.1. The van der Waals surface area contributed by atoms with Crippen LogP contribution in [-0.4, -0.2) is 44.9 Å². The first-order valence-corrected chi connectivity index (χ1v) is 10.4. The van der Waals surface area contributed by atoms with Crippen molar-refractivity contribution in [2.45, 2.75) is 40.0 Å². The van der Waals surface area contributed by atoms with Gasteiger partial charge in [0.2, 0.25) is 11.9 Å². The smallest absolute Gasteiger partial charge is 0.352 e. The van der Waals surface area contributed by atoms with Crippen LogP contribution in [-0.2, 0) is 7.05 Å². The highest BCUT2D eigenvalue weighted by atomic mass is 32.1. The molecular formula is C17H25N7OS2. The van der Waals surface area contributed by atoms with Gasteiger partial charge in [-0.1, -0.05) is 5.16 Å². The van der Waals surface area contributed by atoms with E-state index in [2.05, 4.69) is 30.3 Å². The molecule has 8 nitrogen and oxygen atoms in total. The summed E-state index contributed by atoms with van der Waals surface area (Å²) in [5.74, 6) is 1.14. The average Bonchev–Trinajstić information content (AvgIpc) is 2.94. The van der Waals surface area contributed by atoms with E-state index in [1.165, 1.54) is 17.8 Å². The van der Waals surface area contributed by atoms with Gasteiger partial charge in [-0.15, -0.1) is 11.3 Å². The Hall–Kier alpha value is -2.07. The number of nitrogens with one attached hydrogen (secondary N) is 1. The summed E-state index contributed by atoms with van der Waals surface area (Å²) in [4.78, 5) is 22.0. The fourth-order valence-corrected chi connectivity index (χ4v) is 4.17. The summed E-state index contributed by atoms with van der Waals surface area (Å²) in [5, 5.41) is 7.37. The average molecular weight is 408 g/mol. The molecule has 10 heteroatoms. The molecule has 3 heterocycles. The zero-order valence-electron chi connectivity index (χ0n) is 16.2. The Kier molecular flexibility index (Phi) is 6.38. The summed E-state index contributed by atoms with van der Waals surface area (Å²) < 4.78 is 2.77. The molecule has 2 aromatic rings. The van der Waals surface area contributed by atoms with Crippen LogP contribution in [0.2, 0.25) is 0 Å². The first-order chi connectivity index (χ1) is 13.0. The molecule has 146 valence electrons. The number of oxime groups is 1. The van der Waals surface area contributed by atoms with Crippen molar-refractivity contribution in [1.82, 2.24) is 19.5 Å². The van der Waals surface area contributed by atoms with E-state index in [9.17, 15) is 0 Å². The van der Waals surface area contributed by atoms with Crippen molar-refractivity contribution in [2.24, 2.45) is 12.2 Å². The van der Waals surface area contributed by atoms with Crippen LogP contribution in [0.1, 0.15) is 43.7 Å². The van der Waals surface area contributed by atoms with Gasteiger partial charge in [-0.05, 0) is 52.3 Å². The van der Waals surface area contributed by atoms with Crippen LogP contribution in [0.3, 0.4) is 0 Å². The van der Waals surface area contributed by atoms with E-state index < -0.39 is 0 Å². The minimum absolute atomic E-state index is 0.193. The van der Waals surface area contributed by atoms with Crippen molar-refractivity contribution in [3.05, 3.63) is 14.5 Å². The molecule has 0 radical (unpaired) electrons. The zero-order valence-corrected chi connectivity index (χ0v) is 17.8. The van der Waals surface area contributed by atoms with E-state index in [4.69, 9.17) is 17.1 Å². The topological polar surface area (TPSA) is 80.5 Å². The van der Waals surface area contributed by atoms with Gasteiger partial charge in [0.1, 0.15) is 0 Å². The lowest BCUT2D eigenvalue weighted by molar-refractivity contribution is 0.312. The summed E-state index contributed by atoms with van der Waals surface area (Å²) in [6, 6.07) is 0.193. The summed E-state index contributed by atoms with van der Waals surface area (Å²) in [7, 11) is 1.95. The molecule has 3 rings (SSSR count). The van der Waals surface area contributed by atoms with Crippen LogP contribution in [0.4, 0.5) is 11.9 Å². The molecule has 1 fully saturated rings. The Morgan fingerprint density at radius 1 is 1.26 bits per heavy atom. The van der Waals surface area contributed by atoms with Gasteiger partial charge in [0.25, 0.3) is 0 Å². The number of nitrogens with zero attached hydrogens (tertiary/aromatic N) is 6. The van der Waals surface area contributed by atoms with Gasteiger partial charge in [0.15, 0.2) is 3.95 Å².